The number of fused-ring (bicyclic) bond motifs is 1. The molecule has 174 valence electrons. The molecular formula is C23H30ClN3O4S. The minimum atomic E-state index is -0.633. The molecule has 9 heteroatoms. The second-order valence-electron chi connectivity index (χ2n) is 7.97. The van der Waals surface area contributed by atoms with E-state index >= 15 is 0 Å². The molecule has 0 unspecified atom stereocenters. The fourth-order valence-corrected chi connectivity index (χ4v) is 4.63. The van der Waals surface area contributed by atoms with Crippen LogP contribution in [0.25, 0.3) is 21.3 Å². The van der Waals surface area contributed by atoms with Gasteiger partial charge >= 0.3 is 0 Å². The van der Waals surface area contributed by atoms with Crippen molar-refractivity contribution < 1.29 is 14.6 Å². The van der Waals surface area contributed by atoms with Gasteiger partial charge in [0.25, 0.3) is 5.56 Å². The number of ether oxygens (including phenoxy) is 2. The summed E-state index contributed by atoms with van der Waals surface area (Å²) in [7, 11) is 1.66. The van der Waals surface area contributed by atoms with Crippen LogP contribution in [0.1, 0.15) is 26.1 Å². The quantitative estimate of drug-likeness (QED) is 0.383. The van der Waals surface area contributed by atoms with Gasteiger partial charge in [-0.15, -0.1) is 11.3 Å². The number of hydrogen-bond donors (Lipinski definition) is 2. The lowest BCUT2D eigenvalue weighted by atomic mass is 10.1. The van der Waals surface area contributed by atoms with Gasteiger partial charge in [-0.3, -0.25) is 9.69 Å². The van der Waals surface area contributed by atoms with E-state index in [1.54, 1.807) is 13.2 Å². The number of halogens is 1. The topological polar surface area (TPSA) is 87.7 Å². The summed E-state index contributed by atoms with van der Waals surface area (Å²) < 4.78 is 10.7. The molecule has 3 aromatic rings. The Morgan fingerprint density at radius 2 is 2.16 bits per heavy atom. The van der Waals surface area contributed by atoms with E-state index < -0.39 is 6.10 Å². The summed E-state index contributed by atoms with van der Waals surface area (Å²) in [5.74, 6) is 0.566. The molecule has 0 fully saturated rings. The molecule has 2 N–H and O–H groups in total. The molecule has 0 aliphatic heterocycles. The average molecular weight is 480 g/mol. The van der Waals surface area contributed by atoms with Crippen molar-refractivity contribution in [1.29, 1.82) is 0 Å². The number of thiophene rings is 1. The summed E-state index contributed by atoms with van der Waals surface area (Å²) in [5, 5.41) is 13.5. The lowest BCUT2D eigenvalue weighted by Crippen LogP contribution is -2.37. The minimum absolute atomic E-state index is 0.0551. The number of nitrogens with zero attached hydrogens (tertiary/aromatic N) is 2. The zero-order valence-electron chi connectivity index (χ0n) is 18.6. The molecule has 32 heavy (non-hydrogen) atoms. The van der Waals surface area contributed by atoms with Gasteiger partial charge in [-0.2, -0.15) is 0 Å². The van der Waals surface area contributed by atoms with Gasteiger partial charge in [0, 0.05) is 42.8 Å². The van der Waals surface area contributed by atoms with E-state index in [4.69, 9.17) is 26.1 Å². The second kappa shape index (κ2) is 11.9. The van der Waals surface area contributed by atoms with Gasteiger partial charge in [-0.05, 0) is 38.0 Å². The fraction of sp³-hybridized carbons (Fsp3) is 0.478. The SMILES string of the molecule is COCCCN(Cc1nc2scc(-c3cccc(Cl)c3)c2c(=O)[nH]1)C[C@@H](O)COC(C)C. The molecule has 0 radical (unpaired) electrons. The standard InChI is InChI=1S/C23H30ClN3O4S/c1-15(2)31-13-18(28)11-27(8-5-9-30-3)12-20-25-22(29)21-19(14-32-23(21)26-20)16-6-4-7-17(24)10-16/h4,6-7,10,14-15,18,28H,5,8-9,11-13H2,1-3H3,(H,25,26,29)/t18-/m1/s1. The number of H-pyrrole nitrogens is 1. The number of aromatic nitrogens is 2. The Labute approximate surface area is 197 Å². The summed E-state index contributed by atoms with van der Waals surface area (Å²) in [6, 6.07) is 7.44. The van der Waals surface area contributed by atoms with Gasteiger partial charge in [0.2, 0.25) is 0 Å². The van der Waals surface area contributed by atoms with Gasteiger partial charge in [-0.1, -0.05) is 23.7 Å². The van der Waals surface area contributed by atoms with Crippen molar-refractivity contribution >= 4 is 33.2 Å². The van der Waals surface area contributed by atoms with Crippen LogP contribution >= 0.6 is 22.9 Å². The van der Waals surface area contributed by atoms with Gasteiger partial charge in [0.1, 0.15) is 10.7 Å². The van der Waals surface area contributed by atoms with Gasteiger partial charge in [-0.25, -0.2) is 4.98 Å². The number of rotatable bonds is 12. The summed E-state index contributed by atoms with van der Waals surface area (Å²) in [6.45, 7) is 6.28. The van der Waals surface area contributed by atoms with E-state index in [0.29, 0.717) is 47.3 Å². The van der Waals surface area contributed by atoms with Crippen LogP contribution in [0.15, 0.2) is 34.4 Å². The number of hydrogen-bond acceptors (Lipinski definition) is 7. The molecule has 0 saturated carbocycles. The van der Waals surface area contributed by atoms with Crippen LogP contribution in [0, 0.1) is 0 Å². The highest BCUT2D eigenvalue weighted by Crippen LogP contribution is 2.32. The summed E-state index contributed by atoms with van der Waals surface area (Å²) >= 11 is 7.56. The van der Waals surface area contributed by atoms with Crippen molar-refractivity contribution in [2.24, 2.45) is 0 Å². The molecule has 2 heterocycles. The van der Waals surface area contributed by atoms with Gasteiger partial charge < -0.3 is 19.6 Å². The monoisotopic (exact) mass is 479 g/mol. The Morgan fingerprint density at radius 1 is 1.34 bits per heavy atom. The molecule has 0 aliphatic carbocycles. The van der Waals surface area contributed by atoms with Crippen LogP contribution in [0.5, 0.6) is 0 Å². The molecule has 0 saturated heterocycles. The van der Waals surface area contributed by atoms with Crippen LogP contribution in [0.3, 0.4) is 0 Å². The zero-order valence-corrected chi connectivity index (χ0v) is 20.2. The number of aliphatic hydroxyl groups is 1. The molecule has 0 bridgehead atoms. The lowest BCUT2D eigenvalue weighted by Gasteiger charge is -2.25. The van der Waals surface area contributed by atoms with E-state index in [1.165, 1.54) is 11.3 Å². The van der Waals surface area contributed by atoms with Crippen molar-refractivity contribution in [3.05, 3.63) is 50.8 Å². The molecule has 0 amide bonds. The van der Waals surface area contributed by atoms with Gasteiger partial charge in [0.15, 0.2) is 0 Å². The fourth-order valence-electron chi connectivity index (χ4n) is 3.47. The van der Waals surface area contributed by atoms with E-state index in [0.717, 1.165) is 17.5 Å². The van der Waals surface area contributed by atoms with Crippen molar-refractivity contribution in [3.8, 4) is 11.1 Å². The van der Waals surface area contributed by atoms with Crippen LogP contribution in [0.4, 0.5) is 0 Å². The van der Waals surface area contributed by atoms with Crippen LogP contribution in [0.2, 0.25) is 5.02 Å². The molecule has 2 aromatic heterocycles. The molecule has 3 rings (SSSR count). The Kier molecular flexibility index (Phi) is 9.22. The zero-order chi connectivity index (χ0) is 23.1. The van der Waals surface area contributed by atoms with Crippen LogP contribution < -0.4 is 5.56 Å². The normalized spacial score (nSPS) is 12.8. The first-order valence-electron chi connectivity index (χ1n) is 10.6. The first-order valence-corrected chi connectivity index (χ1v) is 11.9. The summed E-state index contributed by atoms with van der Waals surface area (Å²) in [4.78, 5) is 23.3. The third-order valence-corrected chi connectivity index (χ3v) is 6.02. The highest BCUT2D eigenvalue weighted by Gasteiger charge is 2.17. The van der Waals surface area contributed by atoms with Crippen molar-refractivity contribution in [1.82, 2.24) is 14.9 Å². The minimum Gasteiger partial charge on any atom is -0.389 e. The highest BCUT2D eigenvalue weighted by atomic mass is 35.5. The van der Waals surface area contributed by atoms with Crippen LogP contribution in [-0.2, 0) is 16.0 Å². The first kappa shape index (κ1) is 24.8. The Hall–Kier alpha value is -1.81. The lowest BCUT2D eigenvalue weighted by molar-refractivity contribution is -0.0106. The predicted octanol–water partition coefficient (Wildman–Crippen LogP) is 3.93. The van der Waals surface area contributed by atoms with Crippen LogP contribution in [-0.4, -0.2) is 65.6 Å². The highest BCUT2D eigenvalue weighted by molar-refractivity contribution is 7.17. The largest absolute Gasteiger partial charge is 0.389 e. The molecule has 0 aliphatic rings. The van der Waals surface area contributed by atoms with E-state index in [-0.39, 0.29) is 18.3 Å². The maximum absolute atomic E-state index is 13.0. The second-order valence-corrected chi connectivity index (χ2v) is 9.26. The predicted molar refractivity (Wildman–Crippen MR) is 130 cm³/mol. The third kappa shape index (κ3) is 6.84. The number of methoxy groups -OCH3 is 1. The van der Waals surface area contributed by atoms with Crippen molar-refractivity contribution in [3.63, 3.8) is 0 Å². The Morgan fingerprint density at radius 3 is 2.88 bits per heavy atom. The molecule has 1 aromatic carbocycles. The maximum Gasteiger partial charge on any atom is 0.260 e. The first-order chi connectivity index (χ1) is 15.4. The van der Waals surface area contributed by atoms with Crippen molar-refractivity contribution in [2.45, 2.75) is 39.0 Å². The molecule has 7 nitrogen and oxygen atoms in total. The molecule has 0 spiro atoms. The van der Waals surface area contributed by atoms with Gasteiger partial charge in [0.05, 0.1) is 30.7 Å². The maximum atomic E-state index is 13.0. The Balaban J connectivity index is 1.80. The number of benzene rings is 1. The third-order valence-electron chi connectivity index (χ3n) is 4.92. The van der Waals surface area contributed by atoms with E-state index in [2.05, 4.69) is 9.88 Å². The summed E-state index contributed by atoms with van der Waals surface area (Å²) in [6.07, 6.45) is 0.227. The summed E-state index contributed by atoms with van der Waals surface area (Å²) in [5.41, 5.74) is 1.53. The molecular weight excluding hydrogens is 450 g/mol. The van der Waals surface area contributed by atoms with E-state index in [9.17, 15) is 9.90 Å². The van der Waals surface area contributed by atoms with E-state index in [1.807, 2.05) is 37.4 Å². The molecule has 1 atom stereocenters. The number of aromatic amines is 1. The number of nitrogens with one attached hydrogen (secondary N) is 1. The smallest absolute Gasteiger partial charge is 0.260 e. The number of aliphatic hydroxyl groups excluding tert-OH is 1. The Bertz CT molecular complexity index is 1070. The average Bonchev–Trinajstić information content (AvgIpc) is 3.17. The van der Waals surface area contributed by atoms with Crippen molar-refractivity contribution in [2.75, 3.05) is 33.4 Å².